The maximum absolute atomic E-state index is 12.9. The number of aliphatic hydroxyl groups is 1. The second kappa shape index (κ2) is 4.90. The number of para-hydroxylation sites is 1. The van der Waals surface area contributed by atoms with Gasteiger partial charge in [0, 0.05) is 11.6 Å². The average molecular weight is 328 g/mol. The molecule has 24 heavy (non-hydrogen) atoms. The molecule has 0 saturated carbocycles. The Morgan fingerprint density at radius 2 is 1.92 bits per heavy atom. The number of benzene rings is 2. The average Bonchev–Trinajstić information content (AvgIpc) is 2.58. The third-order valence-electron chi connectivity index (χ3n) is 3.96. The molecule has 1 aliphatic heterocycles. The second-order valence-electron chi connectivity index (χ2n) is 5.29. The smallest absolute Gasteiger partial charge is 0.257 e. The van der Waals surface area contributed by atoms with Crippen molar-refractivity contribution in [3.63, 3.8) is 0 Å². The molecule has 4 rings (SSSR count). The van der Waals surface area contributed by atoms with Gasteiger partial charge in [-0.3, -0.25) is 4.79 Å². The van der Waals surface area contributed by atoms with E-state index in [0.717, 1.165) is 0 Å². The molecule has 7 nitrogen and oxygen atoms in total. The summed E-state index contributed by atoms with van der Waals surface area (Å²) in [7, 11) is 1.30. The number of aliphatic hydroxyl groups excluding tert-OH is 1. The van der Waals surface area contributed by atoms with Gasteiger partial charge in [0.2, 0.25) is 11.2 Å². The van der Waals surface area contributed by atoms with Crippen LogP contribution in [0.2, 0.25) is 0 Å². The van der Waals surface area contributed by atoms with Crippen LogP contribution in [-0.4, -0.2) is 22.4 Å². The maximum Gasteiger partial charge on any atom is 0.257 e. The van der Waals surface area contributed by atoms with E-state index in [4.69, 9.17) is 13.9 Å². The van der Waals surface area contributed by atoms with Crippen molar-refractivity contribution in [3.8, 4) is 34.1 Å². The fraction of sp³-hybridized carbons (Fsp3) is 0.118. The lowest BCUT2D eigenvalue weighted by molar-refractivity contribution is -0.0376. The number of fused-ring (bicyclic) bond motifs is 4. The van der Waals surface area contributed by atoms with Crippen molar-refractivity contribution >= 4 is 11.0 Å². The number of rotatable bonds is 1. The van der Waals surface area contributed by atoms with Gasteiger partial charge in [0.15, 0.2) is 17.3 Å². The lowest BCUT2D eigenvalue weighted by Gasteiger charge is -2.23. The third kappa shape index (κ3) is 1.79. The number of hydrogen-bond donors (Lipinski definition) is 3. The fourth-order valence-corrected chi connectivity index (χ4v) is 2.85. The summed E-state index contributed by atoms with van der Waals surface area (Å²) in [5.74, 6) is -1.01. The molecular formula is C17H12O7. The Morgan fingerprint density at radius 3 is 2.67 bits per heavy atom. The summed E-state index contributed by atoms with van der Waals surface area (Å²) in [5.41, 5.74) is -0.107. The van der Waals surface area contributed by atoms with E-state index < -0.39 is 23.2 Å². The van der Waals surface area contributed by atoms with Crippen molar-refractivity contribution in [2.45, 2.75) is 6.29 Å². The first-order valence-electron chi connectivity index (χ1n) is 7.06. The summed E-state index contributed by atoms with van der Waals surface area (Å²) >= 11 is 0. The molecular weight excluding hydrogens is 316 g/mol. The lowest BCUT2D eigenvalue weighted by atomic mass is 9.98. The van der Waals surface area contributed by atoms with Gasteiger partial charge in [-0.15, -0.1) is 0 Å². The zero-order chi connectivity index (χ0) is 17.0. The molecule has 3 aromatic rings. The van der Waals surface area contributed by atoms with E-state index >= 15 is 0 Å². The van der Waals surface area contributed by atoms with Crippen LogP contribution in [0.1, 0.15) is 12.1 Å². The molecule has 2 heterocycles. The summed E-state index contributed by atoms with van der Waals surface area (Å²) in [4.78, 5) is 12.9. The van der Waals surface area contributed by atoms with Gasteiger partial charge in [0.05, 0.1) is 12.7 Å². The highest BCUT2D eigenvalue weighted by Gasteiger charge is 2.32. The van der Waals surface area contributed by atoms with Gasteiger partial charge in [0.1, 0.15) is 16.7 Å². The Hall–Kier alpha value is -3.19. The van der Waals surface area contributed by atoms with Crippen molar-refractivity contribution in [3.05, 3.63) is 46.3 Å². The largest absolute Gasteiger partial charge is 0.504 e. The minimum absolute atomic E-state index is 0.0343. The van der Waals surface area contributed by atoms with Crippen LogP contribution in [0.15, 0.2) is 39.5 Å². The number of aromatic hydroxyl groups is 2. The summed E-state index contributed by atoms with van der Waals surface area (Å²) in [6.07, 6.45) is -1.46. The van der Waals surface area contributed by atoms with Crippen LogP contribution in [0.3, 0.4) is 0 Å². The van der Waals surface area contributed by atoms with Crippen LogP contribution in [-0.2, 0) is 0 Å². The van der Waals surface area contributed by atoms with E-state index in [1.54, 1.807) is 24.3 Å². The van der Waals surface area contributed by atoms with Crippen LogP contribution in [0, 0.1) is 0 Å². The molecule has 122 valence electrons. The first-order valence-corrected chi connectivity index (χ1v) is 7.06. The Morgan fingerprint density at radius 1 is 1.17 bits per heavy atom. The van der Waals surface area contributed by atoms with Gasteiger partial charge in [-0.25, -0.2) is 0 Å². The molecule has 1 aliphatic rings. The van der Waals surface area contributed by atoms with Gasteiger partial charge in [-0.1, -0.05) is 18.2 Å². The predicted molar refractivity (Wildman–Crippen MR) is 83.4 cm³/mol. The highest BCUT2D eigenvalue weighted by Crippen LogP contribution is 2.45. The summed E-state index contributed by atoms with van der Waals surface area (Å²) in [6, 6.07) is 7.92. The molecule has 0 aliphatic carbocycles. The first-order chi connectivity index (χ1) is 11.5. The Labute approximate surface area is 134 Å². The van der Waals surface area contributed by atoms with Gasteiger partial charge in [-0.2, -0.15) is 0 Å². The fourth-order valence-electron chi connectivity index (χ4n) is 2.85. The minimum Gasteiger partial charge on any atom is -0.504 e. The van der Waals surface area contributed by atoms with E-state index in [1.807, 2.05) is 0 Å². The zero-order valence-corrected chi connectivity index (χ0v) is 12.4. The van der Waals surface area contributed by atoms with Crippen LogP contribution in [0.5, 0.6) is 23.0 Å². The topological polar surface area (TPSA) is 109 Å². The van der Waals surface area contributed by atoms with E-state index in [9.17, 15) is 20.1 Å². The molecule has 1 aromatic heterocycles. The quantitative estimate of drug-likeness (QED) is 0.588. The second-order valence-corrected chi connectivity index (χ2v) is 5.29. The number of methoxy groups -OCH3 is 1. The van der Waals surface area contributed by atoms with Gasteiger partial charge in [-0.05, 0) is 6.07 Å². The number of ether oxygens (including phenoxy) is 2. The molecule has 0 fully saturated rings. The van der Waals surface area contributed by atoms with Crippen molar-refractivity contribution < 1.29 is 29.2 Å². The Bertz CT molecular complexity index is 1040. The van der Waals surface area contributed by atoms with Crippen LogP contribution < -0.4 is 14.9 Å². The van der Waals surface area contributed by atoms with Crippen molar-refractivity contribution in [1.82, 2.24) is 0 Å². The van der Waals surface area contributed by atoms with Gasteiger partial charge >= 0.3 is 0 Å². The molecule has 7 heteroatoms. The monoisotopic (exact) mass is 328 g/mol. The number of hydrogen-bond acceptors (Lipinski definition) is 7. The van der Waals surface area contributed by atoms with Crippen LogP contribution in [0.4, 0.5) is 0 Å². The summed E-state index contributed by atoms with van der Waals surface area (Å²) < 4.78 is 15.9. The molecule has 0 saturated heterocycles. The third-order valence-corrected chi connectivity index (χ3v) is 3.96. The van der Waals surface area contributed by atoms with E-state index in [1.165, 1.54) is 13.2 Å². The van der Waals surface area contributed by atoms with Gasteiger partial charge < -0.3 is 29.2 Å². The molecule has 0 spiro atoms. The van der Waals surface area contributed by atoms with E-state index in [-0.39, 0.29) is 28.0 Å². The van der Waals surface area contributed by atoms with Crippen LogP contribution in [0.25, 0.3) is 22.1 Å². The summed E-state index contributed by atoms with van der Waals surface area (Å²) in [5, 5.41) is 30.1. The van der Waals surface area contributed by atoms with Crippen molar-refractivity contribution in [2.24, 2.45) is 0 Å². The Balaban J connectivity index is 2.17. The van der Waals surface area contributed by atoms with Crippen LogP contribution >= 0.6 is 0 Å². The Kier molecular flexibility index (Phi) is 2.94. The van der Waals surface area contributed by atoms with Crippen molar-refractivity contribution in [1.29, 1.82) is 0 Å². The predicted octanol–water partition coefficient (Wildman–Crippen LogP) is 2.26. The number of phenols is 2. The highest BCUT2D eigenvalue weighted by molar-refractivity contribution is 5.92. The molecule has 0 radical (unpaired) electrons. The lowest BCUT2D eigenvalue weighted by Crippen LogP contribution is -2.19. The standard InChI is InChI=1S/C17H12O7/c1-22-10-6-9-12(15(20)13(10)18)14(19)11-7-4-2-3-5-8(7)24-17(21)16(11)23-9/h2-6,17-18,20-21H,1H3/t17-/m1/s1. The summed E-state index contributed by atoms with van der Waals surface area (Å²) in [6.45, 7) is 0. The van der Waals surface area contributed by atoms with Gasteiger partial charge in [0.25, 0.3) is 6.29 Å². The molecule has 0 bridgehead atoms. The molecule has 1 atom stereocenters. The SMILES string of the molecule is COc1cc2oc3c(c(=O)c2c(O)c1O)-c1ccccc1O[C@H]3O. The maximum atomic E-state index is 12.9. The highest BCUT2D eigenvalue weighted by atomic mass is 16.6. The van der Waals surface area contributed by atoms with Crippen molar-refractivity contribution in [2.75, 3.05) is 7.11 Å². The molecule has 2 aromatic carbocycles. The first kappa shape index (κ1) is 14.4. The molecule has 0 unspecified atom stereocenters. The zero-order valence-electron chi connectivity index (χ0n) is 12.4. The van der Waals surface area contributed by atoms with E-state index in [0.29, 0.717) is 11.3 Å². The normalized spacial score (nSPS) is 15.5. The van der Waals surface area contributed by atoms with E-state index in [2.05, 4.69) is 0 Å². The number of phenolic OH excluding ortho intramolecular Hbond substituents is 2. The molecule has 0 amide bonds. The minimum atomic E-state index is -1.46. The molecule has 3 N–H and O–H groups in total.